The van der Waals surface area contributed by atoms with E-state index in [1.54, 1.807) is 0 Å². The molecule has 0 aliphatic carbocycles. The summed E-state index contributed by atoms with van der Waals surface area (Å²) in [5.74, 6) is 0.571. The Kier molecular flexibility index (Phi) is 2.19. The first-order valence-corrected chi connectivity index (χ1v) is 4.55. The summed E-state index contributed by atoms with van der Waals surface area (Å²) in [5, 5.41) is 0. The van der Waals surface area contributed by atoms with E-state index in [0.29, 0.717) is 5.82 Å². The van der Waals surface area contributed by atoms with Crippen molar-refractivity contribution in [2.24, 2.45) is 0 Å². The zero-order chi connectivity index (χ0) is 9.97. The highest BCUT2D eigenvalue weighted by molar-refractivity contribution is 5.67. The second-order valence-electron chi connectivity index (χ2n) is 3.29. The van der Waals surface area contributed by atoms with E-state index in [1.165, 1.54) is 5.56 Å². The summed E-state index contributed by atoms with van der Waals surface area (Å²) in [7, 11) is 0. The van der Waals surface area contributed by atoms with E-state index in [-0.39, 0.29) is 0 Å². The molecule has 1 heterocycles. The Balaban J connectivity index is 2.53. The van der Waals surface area contributed by atoms with Crippen molar-refractivity contribution in [3.05, 3.63) is 48.2 Å². The Labute approximate surface area is 83.4 Å². The molecule has 0 bridgehead atoms. The SMILES string of the molecule is Cc1cc(N)ncc1-c1ccccc1. The average molecular weight is 184 g/mol. The summed E-state index contributed by atoms with van der Waals surface area (Å²) in [6.45, 7) is 2.04. The molecule has 0 radical (unpaired) electrons. The minimum absolute atomic E-state index is 0.571. The van der Waals surface area contributed by atoms with Gasteiger partial charge in [-0.3, -0.25) is 0 Å². The molecule has 14 heavy (non-hydrogen) atoms. The van der Waals surface area contributed by atoms with Crippen molar-refractivity contribution in [2.45, 2.75) is 6.92 Å². The van der Waals surface area contributed by atoms with Crippen LogP contribution in [0.4, 0.5) is 5.82 Å². The highest BCUT2D eigenvalue weighted by atomic mass is 14.8. The predicted octanol–water partition coefficient (Wildman–Crippen LogP) is 2.64. The maximum Gasteiger partial charge on any atom is 0.123 e. The minimum atomic E-state index is 0.571. The number of hydrogen-bond donors (Lipinski definition) is 1. The molecule has 2 rings (SSSR count). The third-order valence-electron chi connectivity index (χ3n) is 2.22. The topological polar surface area (TPSA) is 38.9 Å². The fraction of sp³-hybridized carbons (Fsp3) is 0.0833. The Morgan fingerprint density at radius 2 is 1.86 bits per heavy atom. The molecule has 2 aromatic rings. The average Bonchev–Trinajstić information content (AvgIpc) is 2.19. The fourth-order valence-corrected chi connectivity index (χ4v) is 1.50. The molecule has 1 aromatic carbocycles. The molecule has 0 spiro atoms. The van der Waals surface area contributed by atoms with Crippen molar-refractivity contribution in [1.82, 2.24) is 4.98 Å². The quantitative estimate of drug-likeness (QED) is 0.740. The molecular weight excluding hydrogens is 172 g/mol. The standard InChI is InChI=1S/C12H12N2/c1-9-7-12(13)14-8-11(9)10-5-3-2-4-6-10/h2-8H,1H3,(H2,13,14). The second kappa shape index (κ2) is 3.50. The van der Waals surface area contributed by atoms with Crippen molar-refractivity contribution in [3.63, 3.8) is 0 Å². The van der Waals surface area contributed by atoms with Crippen LogP contribution in [0.3, 0.4) is 0 Å². The van der Waals surface area contributed by atoms with Gasteiger partial charge in [0.1, 0.15) is 5.82 Å². The van der Waals surface area contributed by atoms with Crippen LogP contribution in [-0.4, -0.2) is 4.98 Å². The molecule has 0 fully saturated rings. The van der Waals surface area contributed by atoms with Gasteiger partial charge in [-0.15, -0.1) is 0 Å². The van der Waals surface area contributed by atoms with E-state index in [2.05, 4.69) is 17.1 Å². The molecule has 70 valence electrons. The number of anilines is 1. The van der Waals surface area contributed by atoms with Crippen LogP contribution in [0.5, 0.6) is 0 Å². The number of rotatable bonds is 1. The van der Waals surface area contributed by atoms with Crippen LogP contribution in [0.25, 0.3) is 11.1 Å². The Bertz CT molecular complexity index is 435. The van der Waals surface area contributed by atoms with Gasteiger partial charge in [-0.1, -0.05) is 30.3 Å². The summed E-state index contributed by atoms with van der Waals surface area (Å²) in [6, 6.07) is 12.1. The van der Waals surface area contributed by atoms with Crippen LogP contribution in [0, 0.1) is 6.92 Å². The Morgan fingerprint density at radius 1 is 1.14 bits per heavy atom. The summed E-state index contributed by atoms with van der Waals surface area (Å²) < 4.78 is 0. The summed E-state index contributed by atoms with van der Waals surface area (Å²) in [6.07, 6.45) is 1.82. The molecule has 0 amide bonds. The Hall–Kier alpha value is -1.83. The number of nitrogens with zero attached hydrogens (tertiary/aromatic N) is 1. The van der Waals surface area contributed by atoms with Crippen molar-refractivity contribution < 1.29 is 0 Å². The van der Waals surface area contributed by atoms with E-state index in [4.69, 9.17) is 5.73 Å². The van der Waals surface area contributed by atoms with E-state index >= 15 is 0 Å². The third kappa shape index (κ3) is 1.59. The second-order valence-corrected chi connectivity index (χ2v) is 3.29. The van der Waals surface area contributed by atoms with Crippen LogP contribution in [-0.2, 0) is 0 Å². The van der Waals surface area contributed by atoms with Gasteiger partial charge in [0.25, 0.3) is 0 Å². The molecule has 2 heteroatoms. The first-order chi connectivity index (χ1) is 6.77. The summed E-state index contributed by atoms with van der Waals surface area (Å²) in [4.78, 5) is 4.09. The first-order valence-electron chi connectivity index (χ1n) is 4.55. The van der Waals surface area contributed by atoms with Crippen LogP contribution in [0.1, 0.15) is 5.56 Å². The first kappa shape index (κ1) is 8.75. The van der Waals surface area contributed by atoms with Gasteiger partial charge in [-0.25, -0.2) is 4.98 Å². The van der Waals surface area contributed by atoms with Gasteiger partial charge in [0.2, 0.25) is 0 Å². The lowest BCUT2D eigenvalue weighted by Crippen LogP contribution is -1.92. The van der Waals surface area contributed by atoms with Crippen LogP contribution in [0.15, 0.2) is 42.6 Å². The maximum atomic E-state index is 5.59. The van der Waals surface area contributed by atoms with Crippen molar-refractivity contribution in [1.29, 1.82) is 0 Å². The van der Waals surface area contributed by atoms with Crippen LogP contribution < -0.4 is 5.73 Å². The summed E-state index contributed by atoms with van der Waals surface area (Å²) >= 11 is 0. The molecule has 0 atom stereocenters. The molecule has 0 unspecified atom stereocenters. The number of aryl methyl sites for hydroxylation is 1. The number of aromatic nitrogens is 1. The van der Waals surface area contributed by atoms with Crippen molar-refractivity contribution >= 4 is 5.82 Å². The fourth-order valence-electron chi connectivity index (χ4n) is 1.50. The van der Waals surface area contributed by atoms with E-state index < -0.39 is 0 Å². The van der Waals surface area contributed by atoms with E-state index in [1.807, 2.05) is 37.4 Å². The highest BCUT2D eigenvalue weighted by Gasteiger charge is 2.01. The minimum Gasteiger partial charge on any atom is -0.384 e. The number of nitrogen functional groups attached to an aromatic ring is 1. The molecule has 0 aliphatic rings. The normalized spacial score (nSPS) is 10.1. The van der Waals surface area contributed by atoms with E-state index in [0.717, 1.165) is 11.1 Å². The molecule has 2 nitrogen and oxygen atoms in total. The maximum absolute atomic E-state index is 5.59. The number of pyridine rings is 1. The lowest BCUT2D eigenvalue weighted by molar-refractivity contribution is 1.29. The van der Waals surface area contributed by atoms with Gasteiger partial charge in [-0.2, -0.15) is 0 Å². The van der Waals surface area contributed by atoms with Crippen LogP contribution in [0.2, 0.25) is 0 Å². The predicted molar refractivity (Wildman–Crippen MR) is 58.8 cm³/mol. The highest BCUT2D eigenvalue weighted by Crippen LogP contribution is 2.22. The van der Waals surface area contributed by atoms with Gasteiger partial charge in [0, 0.05) is 11.8 Å². The Morgan fingerprint density at radius 3 is 2.50 bits per heavy atom. The number of benzene rings is 1. The van der Waals surface area contributed by atoms with Gasteiger partial charge in [0.15, 0.2) is 0 Å². The zero-order valence-electron chi connectivity index (χ0n) is 8.07. The van der Waals surface area contributed by atoms with Gasteiger partial charge in [-0.05, 0) is 24.1 Å². The summed E-state index contributed by atoms with van der Waals surface area (Å²) in [5.41, 5.74) is 9.07. The third-order valence-corrected chi connectivity index (χ3v) is 2.22. The number of hydrogen-bond acceptors (Lipinski definition) is 2. The lowest BCUT2D eigenvalue weighted by atomic mass is 10.0. The van der Waals surface area contributed by atoms with Crippen molar-refractivity contribution in [3.8, 4) is 11.1 Å². The molecular formula is C12H12N2. The monoisotopic (exact) mass is 184 g/mol. The van der Waals surface area contributed by atoms with Gasteiger partial charge in [0.05, 0.1) is 0 Å². The lowest BCUT2D eigenvalue weighted by Gasteiger charge is -2.05. The largest absolute Gasteiger partial charge is 0.384 e. The zero-order valence-corrected chi connectivity index (χ0v) is 8.07. The molecule has 0 saturated carbocycles. The van der Waals surface area contributed by atoms with Crippen LogP contribution >= 0.6 is 0 Å². The van der Waals surface area contributed by atoms with Gasteiger partial charge < -0.3 is 5.73 Å². The van der Waals surface area contributed by atoms with Crippen molar-refractivity contribution in [2.75, 3.05) is 5.73 Å². The molecule has 1 aromatic heterocycles. The number of nitrogens with two attached hydrogens (primary N) is 1. The van der Waals surface area contributed by atoms with Gasteiger partial charge >= 0.3 is 0 Å². The smallest absolute Gasteiger partial charge is 0.123 e. The van der Waals surface area contributed by atoms with E-state index in [9.17, 15) is 0 Å². The molecule has 2 N–H and O–H groups in total. The molecule has 0 aliphatic heterocycles. The molecule has 0 saturated heterocycles.